The van der Waals surface area contributed by atoms with Gasteiger partial charge in [0.1, 0.15) is 10.5 Å². The molecule has 0 amide bonds. The van der Waals surface area contributed by atoms with Crippen molar-refractivity contribution in [3.8, 4) is 5.69 Å². The molecule has 0 unspecified atom stereocenters. The number of halogens is 1. The van der Waals surface area contributed by atoms with Crippen molar-refractivity contribution in [2.45, 2.75) is 12.8 Å². The molecule has 4 rings (SSSR count). The predicted molar refractivity (Wildman–Crippen MR) is 102 cm³/mol. The van der Waals surface area contributed by atoms with E-state index in [-0.39, 0.29) is 5.56 Å². The first-order valence-electron chi connectivity index (χ1n) is 7.88. The van der Waals surface area contributed by atoms with Crippen LogP contribution in [-0.2, 0) is 12.8 Å². The number of nitrogens with zero attached hydrogens (tertiary/aromatic N) is 3. The maximum absolute atomic E-state index is 13.0. The van der Waals surface area contributed by atoms with E-state index in [4.69, 9.17) is 16.6 Å². The fourth-order valence-electron chi connectivity index (χ4n) is 2.79. The summed E-state index contributed by atoms with van der Waals surface area (Å²) in [4.78, 5) is 22.1. The van der Waals surface area contributed by atoms with Gasteiger partial charge in [0, 0.05) is 18.3 Å². The Labute approximate surface area is 153 Å². The molecular weight excluding hydrogens is 354 g/mol. The van der Waals surface area contributed by atoms with Crippen LogP contribution >= 0.6 is 22.9 Å². The van der Waals surface area contributed by atoms with E-state index in [9.17, 15) is 4.79 Å². The van der Waals surface area contributed by atoms with Crippen molar-refractivity contribution in [3.05, 3.63) is 87.0 Å². The molecule has 0 aliphatic carbocycles. The summed E-state index contributed by atoms with van der Waals surface area (Å²) in [5.41, 5.74) is 2.28. The normalized spacial score (nSPS) is 11.1. The van der Waals surface area contributed by atoms with E-state index in [1.165, 1.54) is 11.3 Å². The summed E-state index contributed by atoms with van der Waals surface area (Å²) in [6.07, 6.45) is 3.07. The molecule has 0 bridgehead atoms. The minimum Gasteiger partial charge on any atom is -0.267 e. The largest absolute Gasteiger partial charge is 0.276 e. The van der Waals surface area contributed by atoms with Crippen LogP contribution in [0, 0.1) is 0 Å². The second-order valence-electron chi connectivity index (χ2n) is 5.58. The van der Waals surface area contributed by atoms with Crippen molar-refractivity contribution >= 4 is 33.2 Å². The van der Waals surface area contributed by atoms with Gasteiger partial charge in [-0.15, -0.1) is 11.3 Å². The number of pyridine rings is 1. The molecule has 1 aromatic carbocycles. The zero-order chi connectivity index (χ0) is 17.2. The number of thiophene rings is 1. The lowest BCUT2D eigenvalue weighted by Gasteiger charge is -2.13. The quantitative estimate of drug-likeness (QED) is 0.541. The van der Waals surface area contributed by atoms with E-state index in [2.05, 4.69) is 4.98 Å². The van der Waals surface area contributed by atoms with Crippen LogP contribution in [0.3, 0.4) is 0 Å². The summed E-state index contributed by atoms with van der Waals surface area (Å²) in [5.74, 6) is 0.689. The van der Waals surface area contributed by atoms with Crippen molar-refractivity contribution in [2.24, 2.45) is 0 Å². The Balaban J connectivity index is 1.86. The number of aromatic nitrogens is 3. The van der Waals surface area contributed by atoms with Crippen molar-refractivity contribution in [1.29, 1.82) is 0 Å². The van der Waals surface area contributed by atoms with Crippen molar-refractivity contribution in [2.75, 3.05) is 0 Å². The first-order valence-corrected chi connectivity index (χ1v) is 9.14. The van der Waals surface area contributed by atoms with Crippen molar-refractivity contribution in [3.63, 3.8) is 0 Å². The molecular formula is C19H14ClN3OS. The molecule has 124 valence electrons. The summed E-state index contributed by atoms with van der Waals surface area (Å²) in [7, 11) is 0. The van der Waals surface area contributed by atoms with Gasteiger partial charge in [-0.05, 0) is 42.1 Å². The maximum atomic E-state index is 13.0. The molecule has 3 aromatic heterocycles. The monoisotopic (exact) mass is 367 g/mol. The molecule has 0 fully saturated rings. The van der Waals surface area contributed by atoms with Gasteiger partial charge in [0.05, 0.1) is 16.2 Å². The minimum absolute atomic E-state index is 0.0795. The smallest absolute Gasteiger partial charge is 0.267 e. The molecule has 0 spiro atoms. The number of para-hydroxylation sites is 1. The Morgan fingerprint density at radius 2 is 1.88 bits per heavy atom. The van der Waals surface area contributed by atoms with Gasteiger partial charge < -0.3 is 0 Å². The van der Waals surface area contributed by atoms with Gasteiger partial charge in [0.25, 0.3) is 5.56 Å². The molecule has 0 saturated heterocycles. The highest BCUT2D eigenvalue weighted by atomic mass is 35.5. The Morgan fingerprint density at radius 3 is 2.68 bits per heavy atom. The van der Waals surface area contributed by atoms with Crippen molar-refractivity contribution in [1.82, 2.24) is 14.5 Å². The van der Waals surface area contributed by atoms with Crippen LogP contribution in [0.2, 0.25) is 5.02 Å². The minimum atomic E-state index is -0.0795. The Morgan fingerprint density at radius 1 is 1.04 bits per heavy atom. The van der Waals surface area contributed by atoms with Gasteiger partial charge in [0.2, 0.25) is 0 Å². The van der Waals surface area contributed by atoms with E-state index in [1.54, 1.807) is 16.8 Å². The van der Waals surface area contributed by atoms with Crippen LogP contribution in [0.15, 0.2) is 64.9 Å². The molecule has 0 aliphatic rings. The number of rotatable bonds is 4. The van der Waals surface area contributed by atoms with Gasteiger partial charge in [-0.25, -0.2) is 4.98 Å². The SMILES string of the molecule is O=c1c2sccc2nc(CCc2ccccn2)n1-c1ccccc1Cl. The summed E-state index contributed by atoms with van der Waals surface area (Å²) >= 11 is 7.75. The average Bonchev–Trinajstić information content (AvgIpc) is 3.11. The number of fused-ring (bicyclic) bond motifs is 1. The molecule has 3 heterocycles. The van der Waals surface area contributed by atoms with Gasteiger partial charge >= 0.3 is 0 Å². The number of hydrogen-bond donors (Lipinski definition) is 0. The third-order valence-electron chi connectivity index (χ3n) is 3.97. The Hall–Kier alpha value is -2.50. The Bertz CT molecular complexity index is 1090. The summed E-state index contributed by atoms with van der Waals surface area (Å²) in [5, 5.41) is 2.42. The van der Waals surface area contributed by atoms with Gasteiger partial charge in [-0.1, -0.05) is 29.8 Å². The fraction of sp³-hybridized carbons (Fsp3) is 0.105. The van der Waals surface area contributed by atoms with Crippen molar-refractivity contribution < 1.29 is 0 Å². The van der Waals surface area contributed by atoms with E-state index >= 15 is 0 Å². The van der Waals surface area contributed by atoms with E-state index in [1.807, 2.05) is 47.8 Å². The van der Waals surface area contributed by atoms with Crippen LogP contribution in [0.25, 0.3) is 15.9 Å². The lowest BCUT2D eigenvalue weighted by atomic mass is 10.2. The number of hydrogen-bond acceptors (Lipinski definition) is 4. The number of aryl methyl sites for hydroxylation is 2. The first kappa shape index (κ1) is 16.0. The first-order chi connectivity index (χ1) is 12.2. The van der Waals surface area contributed by atoms with Gasteiger partial charge in [-0.2, -0.15) is 0 Å². The van der Waals surface area contributed by atoms with E-state index in [0.717, 1.165) is 11.2 Å². The van der Waals surface area contributed by atoms with Crippen LogP contribution in [0.4, 0.5) is 0 Å². The molecule has 25 heavy (non-hydrogen) atoms. The van der Waals surface area contributed by atoms with Gasteiger partial charge in [0.15, 0.2) is 0 Å². The number of benzene rings is 1. The van der Waals surface area contributed by atoms with E-state index < -0.39 is 0 Å². The highest BCUT2D eigenvalue weighted by Gasteiger charge is 2.15. The standard InChI is InChI=1S/C19H14ClN3OS/c20-14-6-1-2-7-16(14)23-17(9-8-13-5-3-4-11-21-13)22-15-10-12-25-18(15)19(23)24/h1-7,10-12H,8-9H2. The lowest BCUT2D eigenvalue weighted by Crippen LogP contribution is -2.24. The highest BCUT2D eigenvalue weighted by molar-refractivity contribution is 7.17. The topological polar surface area (TPSA) is 47.8 Å². The van der Waals surface area contributed by atoms with Crippen LogP contribution in [0.1, 0.15) is 11.5 Å². The molecule has 0 atom stereocenters. The zero-order valence-corrected chi connectivity index (χ0v) is 14.8. The highest BCUT2D eigenvalue weighted by Crippen LogP contribution is 2.23. The summed E-state index contributed by atoms with van der Waals surface area (Å²) in [6, 6.07) is 15.0. The van der Waals surface area contributed by atoms with Crippen LogP contribution in [-0.4, -0.2) is 14.5 Å². The average molecular weight is 368 g/mol. The molecule has 0 N–H and O–H groups in total. The molecule has 0 saturated carbocycles. The second kappa shape index (κ2) is 6.78. The molecule has 0 aliphatic heterocycles. The fourth-order valence-corrected chi connectivity index (χ4v) is 3.77. The van der Waals surface area contributed by atoms with E-state index in [0.29, 0.717) is 34.1 Å². The third kappa shape index (κ3) is 3.08. The maximum Gasteiger partial charge on any atom is 0.276 e. The molecule has 4 nitrogen and oxygen atoms in total. The molecule has 6 heteroatoms. The van der Waals surface area contributed by atoms with Crippen LogP contribution in [0.5, 0.6) is 0 Å². The molecule has 0 radical (unpaired) electrons. The summed E-state index contributed by atoms with van der Waals surface area (Å²) in [6.45, 7) is 0. The predicted octanol–water partition coefficient (Wildman–Crippen LogP) is 4.28. The zero-order valence-electron chi connectivity index (χ0n) is 13.2. The lowest BCUT2D eigenvalue weighted by molar-refractivity contribution is 0.779. The second-order valence-corrected chi connectivity index (χ2v) is 6.90. The summed E-state index contributed by atoms with van der Waals surface area (Å²) < 4.78 is 2.27. The Kier molecular flexibility index (Phi) is 4.34. The van der Waals surface area contributed by atoms with Gasteiger partial charge in [-0.3, -0.25) is 14.3 Å². The third-order valence-corrected chi connectivity index (χ3v) is 5.18. The molecule has 4 aromatic rings. The van der Waals surface area contributed by atoms with Crippen LogP contribution < -0.4 is 5.56 Å².